The van der Waals surface area contributed by atoms with E-state index in [1.165, 1.54) is 77.9 Å². The van der Waals surface area contributed by atoms with E-state index in [2.05, 4.69) is 84.7 Å². The number of hydrogen-bond donors (Lipinski definition) is 2. The number of aromatic amines is 2. The van der Waals surface area contributed by atoms with Crippen LogP contribution in [0.25, 0.3) is 21.8 Å². The predicted molar refractivity (Wildman–Crippen MR) is 121 cm³/mol. The molecule has 0 amide bonds. The molecule has 4 rings (SSSR count). The van der Waals surface area contributed by atoms with E-state index in [9.17, 15) is 0 Å². The zero-order valence-electron chi connectivity index (χ0n) is 17.2. The van der Waals surface area contributed by atoms with Crippen molar-refractivity contribution in [3.63, 3.8) is 0 Å². The molecular weight excluding hydrogens is 340 g/mol. The maximum Gasteiger partial charge on any atom is 0.0457 e. The highest BCUT2D eigenvalue weighted by Gasteiger charge is 2.33. The third-order valence-electron chi connectivity index (χ3n) is 6.40. The van der Waals surface area contributed by atoms with Crippen LogP contribution in [0.5, 0.6) is 0 Å². The van der Waals surface area contributed by atoms with E-state index in [4.69, 9.17) is 0 Å². The van der Waals surface area contributed by atoms with Crippen LogP contribution in [0.3, 0.4) is 0 Å². The Hall–Kier alpha value is -2.48. The number of unbranched alkanes of at least 4 members (excludes halogenated alkanes) is 5. The molecule has 0 spiro atoms. The van der Waals surface area contributed by atoms with Crippen LogP contribution in [0, 0.1) is 0 Å². The van der Waals surface area contributed by atoms with Crippen LogP contribution < -0.4 is 0 Å². The SMILES string of the molecule is CCCCCCCCC(C)(c1c[nH]c2ccccc12)c1c[nH]c2ccccc12. The maximum absolute atomic E-state index is 3.51. The van der Waals surface area contributed by atoms with Gasteiger partial charge in [0.2, 0.25) is 0 Å². The minimum Gasteiger partial charge on any atom is -0.361 e. The minimum atomic E-state index is -0.00996. The summed E-state index contributed by atoms with van der Waals surface area (Å²) in [5, 5.41) is 2.70. The highest BCUT2D eigenvalue weighted by Crippen LogP contribution is 2.43. The van der Waals surface area contributed by atoms with Crippen LogP contribution in [0.1, 0.15) is 69.9 Å². The molecular formula is C26H32N2. The molecule has 0 fully saturated rings. The summed E-state index contributed by atoms with van der Waals surface area (Å²) in [4.78, 5) is 7.02. The number of H-pyrrole nitrogens is 2. The van der Waals surface area contributed by atoms with E-state index in [1.807, 2.05) is 0 Å². The molecule has 28 heavy (non-hydrogen) atoms. The Kier molecular flexibility index (Phi) is 5.57. The summed E-state index contributed by atoms with van der Waals surface area (Å²) in [5.74, 6) is 0. The van der Waals surface area contributed by atoms with Gasteiger partial charge in [-0.05, 0) is 29.7 Å². The van der Waals surface area contributed by atoms with Gasteiger partial charge in [-0.2, -0.15) is 0 Å². The largest absolute Gasteiger partial charge is 0.361 e. The number of nitrogens with one attached hydrogen (secondary N) is 2. The molecule has 0 atom stereocenters. The van der Waals surface area contributed by atoms with Crippen molar-refractivity contribution in [2.24, 2.45) is 0 Å². The first-order valence-electron chi connectivity index (χ1n) is 10.9. The van der Waals surface area contributed by atoms with E-state index in [-0.39, 0.29) is 5.41 Å². The van der Waals surface area contributed by atoms with Gasteiger partial charge in [-0.15, -0.1) is 0 Å². The Morgan fingerprint density at radius 2 is 1.18 bits per heavy atom. The summed E-state index contributed by atoms with van der Waals surface area (Å²) >= 11 is 0. The summed E-state index contributed by atoms with van der Waals surface area (Å²) < 4.78 is 0. The highest BCUT2D eigenvalue weighted by atomic mass is 14.7. The van der Waals surface area contributed by atoms with Gasteiger partial charge in [-0.1, -0.05) is 88.8 Å². The fourth-order valence-corrected chi connectivity index (χ4v) is 4.73. The predicted octanol–water partition coefficient (Wildman–Crippen LogP) is 7.71. The first kappa shape index (κ1) is 18.9. The molecule has 2 aromatic carbocycles. The maximum atomic E-state index is 3.51. The van der Waals surface area contributed by atoms with E-state index < -0.39 is 0 Å². The standard InChI is InChI=1S/C26H32N2/c1-3-4-5-6-7-12-17-26(2,22-18-27-24-15-10-8-13-20(22)24)23-19-28-25-16-11-9-14-21(23)25/h8-11,13-16,18-19,27-28H,3-7,12,17H2,1-2H3. The number of benzene rings is 2. The third-order valence-corrected chi connectivity index (χ3v) is 6.40. The van der Waals surface area contributed by atoms with Gasteiger partial charge in [0.25, 0.3) is 0 Å². The second-order valence-electron chi connectivity index (χ2n) is 8.35. The molecule has 2 heterocycles. The Balaban J connectivity index is 1.71. The van der Waals surface area contributed by atoms with Gasteiger partial charge in [0, 0.05) is 39.6 Å². The van der Waals surface area contributed by atoms with Crippen LogP contribution in [-0.4, -0.2) is 9.97 Å². The molecule has 0 aliphatic rings. The summed E-state index contributed by atoms with van der Waals surface area (Å²) in [5.41, 5.74) is 5.28. The van der Waals surface area contributed by atoms with Crippen LogP contribution >= 0.6 is 0 Å². The lowest BCUT2D eigenvalue weighted by molar-refractivity contribution is 0.477. The van der Waals surface area contributed by atoms with Crippen molar-refractivity contribution in [2.75, 3.05) is 0 Å². The van der Waals surface area contributed by atoms with E-state index >= 15 is 0 Å². The summed E-state index contributed by atoms with van der Waals surface area (Å²) in [6, 6.07) is 17.4. The molecule has 2 aromatic heterocycles. The van der Waals surface area contributed by atoms with Gasteiger partial charge in [-0.3, -0.25) is 0 Å². The zero-order chi connectivity index (χ0) is 19.4. The molecule has 0 bridgehead atoms. The lowest BCUT2D eigenvalue weighted by Gasteiger charge is -2.30. The molecule has 0 saturated carbocycles. The lowest BCUT2D eigenvalue weighted by Crippen LogP contribution is -2.23. The number of para-hydroxylation sites is 2. The number of rotatable bonds is 9. The van der Waals surface area contributed by atoms with E-state index in [1.54, 1.807) is 0 Å². The molecule has 2 heteroatoms. The average molecular weight is 373 g/mol. The zero-order valence-corrected chi connectivity index (χ0v) is 17.2. The topological polar surface area (TPSA) is 31.6 Å². The van der Waals surface area contributed by atoms with Crippen LogP contribution in [-0.2, 0) is 5.41 Å². The van der Waals surface area contributed by atoms with Crippen molar-refractivity contribution >= 4 is 21.8 Å². The first-order chi connectivity index (χ1) is 13.7. The fourth-order valence-electron chi connectivity index (χ4n) is 4.73. The molecule has 0 saturated heterocycles. The van der Waals surface area contributed by atoms with Crippen molar-refractivity contribution in [1.82, 2.24) is 9.97 Å². The Morgan fingerprint density at radius 3 is 1.75 bits per heavy atom. The highest BCUT2D eigenvalue weighted by molar-refractivity contribution is 5.89. The summed E-state index contributed by atoms with van der Waals surface area (Å²) in [6.45, 7) is 4.72. The van der Waals surface area contributed by atoms with E-state index in [0.29, 0.717) is 0 Å². The van der Waals surface area contributed by atoms with Gasteiger partial charge in [0.1, 0.15) is 0 Å². The van der Waals surface area contributed by atoms with Crippen molar-refractivity contribution in [3.05, 3.63) is 72.1 Å². The van der Waals surface area contributed by atoms with Crippen molar-refractivity contribution in [1.29, 1.82) is 0 Å². The first-order valence-corrected chi connectivity index (χ1v) is 10.9. The molecule has 4 aromatic rings. The third kappa shape index (κ3) is 3.48. The summed E-state index contributed by atoms with van der Waals surface area (Å²) in [7, 11) is 0. The van der Waals surface area contributed by atoms with Crippen LogP contribution in [0.2, 0.25) is 0 Å². The van der Waals surface area contributed by atoms with Crippen LogP contribution in [0.15, 0.2) is 60.9 Å². The molecule has 0 aliphatic carbocycles. The summed E-state index contributed by atoms with van der Waals surface area (Å²) in [6.07, 6.45) is 13.6. The van der Waals surface area contributed by atoms with Gasteiger partial charge in [-0.25, -0.2) is 0 Å². The Morgan fingerprint density at radius 1 is 0.679 bits per heavy atom. The average Bonchev–Trinajstić information content (AvgIpc) is 3.35. The number of fused-ring (bicyclic) bond motifs is 2. The van der Waals surface area contributed by atoms with Crippen LogP contribution in [0.4, 0.5) is 0 Å². The smallest absolute Gasteiger partial charge is 0.0457 e. The number of hydrogen-bond acceptors (Lipinski definition) is 0. The monoisotopic (exact) mass is 372 g/mol. The normalized spacial score (nSPS) is 12.2. The molecule has 0 unspecified atom stereocenters. The molecule has 2 N–H and O–H groups in total. The van der Waals surface area contributed by atoms with E-state index in [0.717, 1.165) is 0 Å². The van der Waals surface area contributed by atoms with Crippen molar-refractivity contribution in [3.8, 4) is 0 Å². The van der Waals surface area contributed by atoms with Gasteiger partial charge < -0.3 is 9.97 Å². The molecule has 2 nitrogen and oxygen atoms in total. The minimum absolute atomic E-state index is 0.00996. The molecule has 146 valence electrons. The molecule has 0 radical (unpaired) electrons. The molecule has 0 aliphatic heterocycles. The number of aromatic nitrogens is 2. The van der Waals surface area contributed by atoms with Gasteiger partial charge >= 0.3 is 0 Å². The second-order valence-corrected chi connectivity index (χ2v) is 8.35. The lowest BCUT2D eigenvalue weighted by atomic mass is 9.72. The van der Waals surface area contributed by atoms with Gasteiger partial charge in [0.15, 0.2) is 0 Å². The Labute approximate surface area is 168 Å². The second kappa shape index (κ2) is 8.26. The Bertz CT molecular complexity index is 963. The quantitative estimate of drug-likeness (QED) is 0.282. The van der Waals surface area contributed by atoms with Crippen molar-refractivity contribution < 1.29 is 0 Å². The van der Waals surface area contributed by atoms with Crippen molar-refractivity contribution in [2.45, 2.75) is 64.2 Å². The van der Waals surface area contributed by atoms with Gasteiger partial charge in [0.05, 0.1) is 0 Å². The fraction of sp³-hybridized carbons (Fsp3) is 0.385.